The Kier molecular flexibility index (Phi) is 4.30. The normalized spacial score (nSPS) is 13.7. The third-order valence-electron chi connectivity index (χ3n) is 2.01. The molecule has 2 heteroatoms. The van der Waals surface area contributed by atoms with E-state index in [1.807, 2.05) is 0 Å². The number of hydrogen-bond donors (Lipinski definition) is 0. The van der Waals surface area contributed by atoms with Crippen molar-refractivity contribution in [3.8, 4) is 0 Å². The Labute approximate surface area is 87.1 Å². The highest BCUT2D eigenvalue weighted by molar-refractivity contribution is 9.09. The van der Waals surface area contributed by atoms with Gasteiger partial charge in [0.2, 0.25) is 0 Å². The molecule has 0 spiro atoms. The smallest absolute Gasteiger partial charge is 0.0172 e. The van der Waals surface area contributed by atoms with E-state index in [0.29, 0.717) is 4.83 Å². The molecule has 0 saturated heterocycles. The van der Waals surface area contributed by atoms with Crippen LogP contribution >= 0.6 is 27.3 Å². The summed E-state index contributed by atoms with van der Waals surface area (Å²) in [6.45, 7) is 4.51. The van der Waals surface area contributed by atoms with Gasteiger partial charge in [0.15, 0.2) is 0 Å². The van der Waals surface area contributed by atoms with E-state index < -0.39 is 0 Å². The van der Waals surface area contributed by atoms with Gasteiger partial charge in [-0.25, -0.2) is 0 Å². The summed E-state index contributed by atoms with van der Waals surface area (Å²) in [6, 6.07) is 2.21. The Balaban J connectivity index is 2.27. The molecule has 1 unspecified atom stereocenters. The summed E-state index contributed by atoms with van der Waals surface area (Å²) >= 11 is 5.48. The molecule has 1 atom stereocenters. The zero-order valence-electron chi connectivity index (χ0n) is 7.59. The predicted octanol–water partition coefficient (Wildman–Crippen LogP) is 4.10. The number of hydrogen-bond acceptors (Lipinski definition) is 1. The summed E-state index contributed by atoms with van der Waals surface area (Å²) in [5, 5.41) is 4.38. The van der Waals surface area contributed by atoms with Crippen molar-refractivity contribution in [1.82, 2.24) is 0 Å². The molecule has 0 aliphatic rings. The van der Waals surface area contributed by atoms with Crippen molar-refractivity contribution >= 4 is 27.3 Å². The van der Waals surface area contributed by atoms with Gasteiger partial charge in [-0.15, -0.1) is 0 Å². The average Bonchev–Trinajstić information content (AvgIpc) is 2.51. The van der Waals surface area contributed by atoms with Crippen LogP contribution in [0.4, 0.5) is 0 Å². The van der Waals surface area contributed by atoms with Gasteiger partial charge in [0.25, 0.3) is 0 Å². The Morgan fingerprint density at radius 3 is 2.75 bits per heavy atom. The lowest BCUT2D eigenvalue weighted by Gasteiger charge is -2.12. The summed E-state index contributed by atoms with van der Waals surface area (Å²) in [6.07, 6.45) is 2.45. The third kappa shape index (κ3) is 3.28. The Morgan fingerprint density at radius 1 is 1.50 bits per heavy atom. The van der Waals surface area contributed by atoms with Crippen LogP contribution in [-0.4, -0.2) is 4.83 Å². The molecule has 1 aromatic heterocycles. The maximum absolute atomic E-state index is 3.69. The second-order valence-corrected chi connectivity index (χ2v) is 5.39. The van der Waals surface area contributed by atoms with Gasteiger partial charge < -0.3 is 0 Å². The highest BCUT2D eigenvalue weighted by Gasteiger charge is 2.08. The molecular formula is C10H15BrS. The van der Waals surface area contributed by atoms with E-state index in [0.717, 1.165) is 5.92 Å². The molecule has 1 rings (SSSR count). The van der Waals surface area contributed by atoms with E-state index in [9.17, 15) is 0 Å². The monoisotopic (exact) mass is 246 g/mol. The van der Waals surface area contributed by atoms with Crippen LogP contribution in [0.15, 0.2) is 16.8 Å². The first-order valence-corrected chi connectivity index (χ1v) is 6.21. The second-order valence-electron chi connectivity index (χ2n) is 3.43. The Bertz CT molecular complexity index is 204. The van der Waals surface area contributed by atoms with Crippen LogP contribution in [0.2, 0.25) is 0 Å². The molecule has 0 fully saturated rings. The number of alkyl halides is 1. The van der Waals surface area contributed by atoms with E-state index in [1.165, 1.54) is 18.4 Å². The van der Waals surface area contributed by atoms with Crippen molar-refractivity contribution in [2.24, 2.45) is 5.92 Å². The molecule has 12 heavy (non-hydrogen) atoms. The topological polar surface area (TPSA) is 0 Å². The fourth-order valence-corrected chi connectivity index (χ4v) is 2.00. The first-order valence-electron chi connectivity index (χ1n) is 4.35. The van der Waals surface area contributed by atoms with Gasteiger partial charge in [-0.2, -0.15) is 11.3 Å². The summed E-state index contributed by atoms with van der Waals surface area (Å²) in [4.78, 5) is 0.664. The van der Waals surface area contributed by atoms with Gasteiger partial charge in [-0.3, -0.25) is 0 Å². The van der Waals surface area contributed by atoms with Gasteiger partial charge in [0, 0.05) is 4.83 Å². The van der Waals surface area contributed by atoms with Gasteiger partial charge in [0.1, 0.15) is 0 Å². The largest absolute Gasteiger partial charge is 0.152 e. The SMILES string of the molecule is CC(C)C(Br)CCc1ccsc1. The van der Waals surface area contributed by atoms with Crippen molar-refractivity contribution in [2.45, 2.75) is 31.5 Å². The highest BCUT2D eigenvalue weighted by Crippen LogP contribution is 2.19. The van der Waals surface area contributed by atoms with Gasteiger partial charge in [-0.05, 0) is 41.1 Å². The number of rotatable bonds is 4. The third-order valence-corrected chi connectivity index (χ3v) is 4.26. The summed E-state index contributed by atoms with van der Waals surface area (Å²) in [7, 11) is 0. The van der Waals surface area contributed by atoms with Crippen LogP contribution in [0.25, 0.3) is 0 Å². The lowest BCUT2D eigenvalue weighted by Crippen LogP contribution is -2.07. The second kappa shape index (κ2) is 5.03. The van der Waals surface area contributed by atoms with E-state index >= 15 is 0 Å². The Hall–Kier alpha value is 0.180. The summed E-state index contributed by atoms with van der Waals surface area (Å²) < 4.78 is 0. The average molecular weight is 247 g/mol. The molecule has 0 aliphatic carbocycles. The van der Waals surface area contributed by atoms with Crippen LogP contribution in [0.5, 0.6) is 0 Å². The Morgan fingerprint density at radius 2 is 2.25 bits per heavy atom. The molecule has 68 valence electrons. The molecule has 0 nitrogen and oxygen atoms in total. The van der Waals surface area contributed by atoms with Crippen LogP contribution in [0, 0.1) is 5.92 Å². The molecular weight excluding hydrogens is 232 g/mol. The molecule has 0 radical (unpaired) electrons. The molecule has 0 bridgehead atoms. The van der Waals surface area contributed by atoms with Crippen LogP contribution in [0.1, 0.15) is 25.8 Å². The molecule has 0 aromatic carbocycles. The first-order chi connectivity index (χ1) is 5.70. The van der Waals surface area contributed by atoms with Crippen LogP contribution in [-0.2, 0) is 6.42 Å². The summed E-state index contributed by atoms with van der Waals surface area (Å²) in [5.41, 5.74) is 1.48. The van der Waals surface area contributed by atoms with Gasteiger partial charge in [0.05, 0.1) is 0 Å². The summed E-state index contributed by atoms with van der Waals surface area (Å²) in [5.74, 6) is 0.739. The first kappa shape index (κ1) is 10.3. The van der Waals surface area contributed by atoms with Gasteiger partial charge >= 0.3 is 0 Å². The van der Waals surface area contributed by atoms with E-state index in [-0.39, 0.29) is 0 Å². The minimum atomic E-state index is 0.664. The molecule has 0 amide bonds. The highest BCUT2D eigenvalue weighted by atomic mass is 79.9. The maximum Gasteiger partial charge on any atom is 0.0172 e. The molecule has 0 saturated carbocycles. The lowest BCUT2D eigenvalue weighted by atomic mass is 10.0. The van der Waals surface area contributed by atoms with Crippen LogP contribution < -0.4 is 0 Å². The van der Waals surface area contributed by atoms with Crippen molar-refractivity contribution in [2.75, 3.05) is 0 Å². The van der Waals surface area contributed by atoms with Crippen molar-refractivity contribution in [1.29, 1.82) is 0 Å². The van der Waals surface area contributed by atoms with Gasteiger partial charge in [-0.1, -0.05) is 29.8 Å². The lowest BCUT2D eigenvalue weighted by molar-refractivity contribution is 0.582. The molecule has 0 aliphatic heterocycles. The molecule has 0 N–H and O–H groups in total. The van der Waals surface area contributed by atoms with Crippen molar-refractivity contribution in [3.05, 3.63) is 22.4 Å². The zero-order valence-corrected chi connectivity index (χ0v) is 9.99. The minimum Gasteiger partial charge on any atom is -0.152 e. The predicted molar refractivity (Wildman–Crippen MR) is 60.2 cm³/mol. The number of aryl methyl sites for hydroxylation is 1. The van der Waals surface area contributed by atoms with Crippen molar-refractivity contribution in [3.63, 3.8) is 0 Å². The fraction of sp³-hybridized carbons (Fsp3) is 0.600. The zero-order chi connectivity index (χ0) is 8.97. The van der Waals surface area contributed by atoms with E-state index in [1.54, 1.807) is 11.3 Å². The van der Waals surface area contributed by atoms with Crippen molar-refractivity contribution < 1.29 is 0 Å². The maximum atomic E-state index is 3.69. The van der Waals surface area contributed by atoms with E-state index in [4.69, 9.17) is 0 Å². The van der Waals surface area contributed by atoms with E-state index in [2.05, 4.69) is 46.6 Å². The number of thiophene rings is 1. The number of halogens is 1. The standard InChI is InChI=1S/C10H15BrS/c1-8(2)10(11)4-3-9-5-6-12-7-9/h5-8,10H,3-4H2,1-2H3. The fourth-order valence-electron chi connectivity index (χ4n) is 1.07. The van der Waals surface area contributed by atoms with Crippen LogP contribution in [0.3, 0.4) is 0 Å². The quantitative estimate of drug-likeness (QED) is 0.702. The minimum absolute atomic E-state index is 0.664. The molecule has 1 heterocycles. The molecule has 1 aromatic rings.